The lowest BCUT2D eigenvalue weighted by Gasteiger charge is -2.26. The van der Waals surface area contributed by atoms with Gasteiger partial charge in [0.1, 0.15) is 5.82 Å². The van der Waals surface area contributed by atoms with Crippen molar-refractivity contribution in [2.24, 2.45) is 0 Å². The Bertz CT molecular complexity index is 975. The molecule has 28 heavy (non-hydrogen) atoms. The Kier molecular flexibility index (Phi) is 6.42. The lowest BCUT2D eigenvalue weighted by Crippen LogP contribution is -2.32. The maximum absolute atomic E-state index is 14.0. The smallest absolute Gasteiger partial charge is 0.251 e. The summed E-state index contributed by atoms with van der Waals surface area (Å²) in [6, 6.07) is 10.6. The highest BCUT2D eigenvalue weighted by Crippen LogP contribution is 2.37. The number of nitrogens with zero attached hydrogens (tertiary/aromatic N) is 1. The fourth-order valence-corrected chi connectivity index (χ4v) is 5.93. The first-order valence-corrected chi connectivity index (χ1v) is 11.6. The number of hydrogen-bond acceptors (Lipinski definition) is 4. The minimum absolute atomic E-state index is 0.0921. The van der Waals surface area contributed by atoms with Gasteiger partial charge < -0.3 is 5.32 Å². The van der Waals surface area contributed by atoms with Gasteiger partial charge in [0.15, 0.2) is 0 Å². The number of amides is 1. The molecule has 1 heterocycles. The lowest BCUT2D eigenvalue weighted by atomic mass is 10.0. The quantitative estimate of drug-likeness (QED) is 0.769. The van der Waals surface area contributed by atoms with Gasteiger partial charge in [0, 0.05) is 29.3 Å². The van der Waals surface area contributed by atoms with Crippen molar-refractivity contribution < 1.29 is 17.6 Å². The van der Waals surface area contributed by atoms with Crippen LogP contribution in [0.5, 0.6) is 0 Å². The van der Waals surface area contributed by atoms with Gasteiger partial charge in [-0.2, -0.15) is 4.31 Å². The second-order valence-corrected chi connectivity index (χ2v) is 9.48. The summed E-state index contributed by atoms with van der Waals surface area (Å²) in [7, 11) is -3.64. The maximum atomic E-state index is 14.0. The standard InChI is InChI=1S/C20H23FN2O3S2/c1-3-23(4-2)28(25,26)15-8-5-7-14(13-15)20(24)22-18-11-12-27-19-16(18)9-6-10-17(19)21/h5-10,13,18H,3-4,11-12H2,1-2H3,(H,22,24). The van der Waals surface area contributed by atoms with Crippen LogP contribution in [0.15, 0.2) is 52.3 Å². The molecule has 150 valence electrons. The van der Waals surface area contributed by atoms with E-state index in [4.69, 9.17) is 0 Å². The first-order chi connectivity index (χ1) is 13.4. The van der Waals surface area contributed by atoms with Gasteiger partial charge in [-0.1, -0.05) is 32.0 Å². The van der Waals surface area contributed by atoms with Crippen molar-refractivity contribution in [3.8, 4) is 0 Å². The largest absolute Gasteiger partial charge is 0.345 e. The monoisotopic (exact) mass is 422 g/mol. The molecule has 1 atom stereocenters. The Morgan fingerprint density at radius 1 is 1.21 bits per heavy atom. The van der Waals surface area contributed by atoms with Crippen molar-refractivity contribution in [1.82, 2.24) is 9.62 Å². The van der Waals surface area contributed by atoms with E-state index in [0.717, 1.165) is 5.56 Å². The number of carbonyl (C=O) groups excluding carboxylic acids is 1. The minimum atomic E-state index is -3.64. The molecule has 0 aromatic heterocycles. The zero-order chi connectivity index (χ0) is 20.3. The SMILES string of the molecule is CCN(CC)S(=O)(=O)c1cccc(C(=O)NC2CCSc3c(F)cccc32)c1. The summed E-state index contributed by atoms with van der Waals surface area (Å²) in [6.07, 6.45) is 0.685. The highest BCUT2D eigenvalue weighted by molar-refractivity contribution is 7.99. The Hall–Kier alpha value is -1.90. The van der Waals surface area contributed by atoms with Gasteiger partial charge in [-0.25, -0.2) is 12.8 Å². The molecule has 2 aromatic carbocycles. The first kappa shape index (κ1) is 20.8. The predicted molar refractivity (Wildman–Crippen MR) is 108 cm³/mol. The van der Waals surface area contributed by atoms with Crippen LogP contribution >= 0.6 is 11.8 Å². The van der Waals surface area contributed by atoms with Gasteiger partial charge in [0.05, 0.1) is 10.9 Å². The molecule has 0 fully saturated rings. The molecule has 0 saturated carbocycles. The number of hydrogen-bond donors (Lipinski definition) is 1. The zero-order valence-corrected chi connectivity index (χ0v) is 17.4. The van der Waals surface area contributed by atoms with Crippen molar-refractivity contribution in [3.63, 3.8) is 0 Å². The fourth-order valence-electron chi connectivity index (χ4n) is 3.29. The summed E-state index contributed by atoms with van der Waals surface area (Å²) in [5, 5.41) is 2.93. The van der Waals surface area contributed by atoms with E-state index < -0.39 is 10.0 Å². The van der Waals surface area contributed by atoms with E-state index in [0.29, 0.717) is 30.2 Å². The molecular weight excluding hydrogens is 399 g/mol. The minimum Gasteiger partial charge on any atom is -0.345 e. The van der Waals surface area contributed by atoms with E-state index in [9.17, 15) is 17.6 Å². The lowest BCUT2D eigenvalue weighted by molar-refractivity contribution is 0.0934. The van der Waals surface area contributed by atoms with Crippen molar-refractivity contribution in [2.45, 2.75) is 36.1 Å². The normalized spacial score (nSPS) is 16.6. The van der Waals surface area contributed by atoms with Crippen LogP contribution in [0, 0.1) is 5.82 Å². The van der Waals surface area contributed by atoms with E-state index >= 15 is 0 Å². The number of fused-ring (bicyclic) bond motifs is 1. The van der Waals surface area contributed by atoms with Gasteiger partial charge in [-0.05, 0) is 36.2 Å². The van der Waals surface area contributed by atoms with Crippen LogP contribution < -0.4 is 5.32 Å². The molecule has 5 nitrogen and oxygen atoms in total. The third-order valence-electron chi connectivity index (χ3n) is 4.77. The number of rotatable bonds is 6. The van der Waals surface area contributed by atoms with Crippen LogP contribution in [0.4, 0.5) is 4.39 Å². The number of thioether (sulfide) groups is 1. The third-order valence-corrected chi connectivity index (χ3v) is 7.98. The first-order valence-electron chi connectivity index (χ1n) is 9.20. The van der Waals surface area contributed by atoms with Crippen LogP contribution in [-0.2, 0) is 10.0 Å². The van der Waals surface area contributed by atoms with Crippen LogP contribution in [0.2, 0.25) is 0 Å². The number of nitrogens with one attached hydrogen (secondary N) is 1. The van der Waals surface area contributed by atoms with Gasteiger partial charge in [0.2, 0.25) is 10.0 Å². The highest BCUT2D eigenvalue weighted by atomic mass is 32.2. The van der Waals surface area contributed by atoms with E-state index in [1.807, 2.05) is 6.07 Å². The molecule has 8 heteroatoms. The van der Waals surface area contributed by atoms with Gasteiger partial charge in [-0.3, -0.25) is 4.79 Å². The van der Waals surface area contributed by atoms with E-state index in [2.05, 4.69) is 5.32 Å². The van der Waals surface area contributed by atoms with Gasteiger partial charge >= 0.3 is 0 Å². The zero-order valence-electron chi connectivity index (χ0n) is 15.8. The summed E-state index contributed by atoms with van der Waals surface area (Å²) < 4.78 is 40.8. The highest BCUT2D eigenvalue weighted by Gasteiger charge is 2.26. The number of carbonyl (C=O) groups is 1. The topological polar surface area (TPSA) is 66.5 Å². The molecule has 1 amide bonds. The summed E-state index contributed by atoms with van der Waals surface area (Å²) in [5.41, 5.74) is 1.03. The summed E-state index contributed by atoms with van der Waals surface area (Å²) in [4.78, 5) is 13.4. The van der Waals surface area contributed by atoms with E-state index in [-0.39, 0.29) is 28.2 Å². The average Bonchev–Trinajstić information content (AvgIpc) is 2.69. The summed E-state index contributed by atoms with van der Waals surface area (Å²) in [5.74, 6) is 0.0485. The second-order valence-electron chi connectivity index (χ2n) is 6.44. The van der Waals surface area contributed by atoms with Crippen LogP contribution in [0.25, 0.3) is 0 Å². The maximum Gasteiger partial charge on any atom is 0.251 e. The number of halogens is 1. The van der Waals surface area contributed by atoms with E-state index in [1.54, 1.807) is 32.0 Å². The van der Waals surface area contributed by atoms with Crippen molar-refractivity contribution >= 4 is 27.7 Å². The van der Waals surface area contributed by atoms with Crippen LogP contribution in [-0.4, -0.2) is 37.5 Å². The van der Waals surface area contributed by atoms with Crippen molar-refractivity contribution in [1.29, 1.82) is 0 Å². The second kappa shape index (κ2) is 8.63. The fraction of sp³-hybridized carbons (Fsp3) is 0.350. The molecule has 0 radical (unpaired) electrons. The van der Waals surface area contributed by atoms with Crippen LogP contribution in [0.3, 0.4) is 0 Å². The third kappa shape index (κ3) is 4.09. The Labute approximate surface area is 169 Å². The average molecular weight is 423 g/mol. The Morgan fingerprint density at radius 2 is 1.93 bits per heavy atom. The van der Waals surface area contributed by atoms with Crippen molar-refractivity contribution in [2.75, 3.05) is 18.8 Å². The van der Waals surface area contributed by atoms with E-state index in [1.165, 1.54) is 34.3 Å². The molecular formula is C20H23FN2O3S2. The Morgan fingerprint density at radius 3 is 2.64 bits per heavy atom. The van der Waals surface area contributed by atoms with Crippen LogP contribution in [0.1, 0.15) is 42.2 Å². The summed E-state index contributed by atoms with van der Waals surface area (Å²) in [6.45, 7) is 4.26. The molecule has 1 unspecified atom stereocenters. The van der Waals surface area contributed by atoms with Gasteiger partial charge in [-0.15, -0.1) is 11.8 Å². The predicted octanol–water partition coefficient (Wildman–Crippen LogP) is 3.82. The molecule has 3 rings (SSSR count). The summed E-state index contributed by atoms with van der Waals surface area (Å²) >= 11 is 1.44. The molecule has 0 saturated heterocycles. The number of sulfonamides is 1. The molecule has 0 spiro atoms. The number of benzene rings is 2. The van der Waals surface area contributed by atoms with Gasteiger partial charge in [0.25, 0.3) is 5.91 Å². The molecule has 0 bridgehead atoms. The molecule has 2 aromatic rings. The molecule has 1 aliphatic rings. The molecule has 1 aliphatic heterocycles. The van der Waals surface area contributed by atoms with Crippen molar-refractivity contribution in [3.05, 3.63) is 59.4 Å². The molecule has 1 N–H and O–H groups in total. The Balaban J connectivity index is 1.85. The molecule has 0 aliphatic carbocycles.